The first-order valence-electron chi connectivity index (χ1n) is 11.5. The molecule has 1 aromatic carbocycles. The molecule has 180 valence electrons. The van der Waals surface area contributed by atoms with Crippen molar-refractivity contribution in [1.82, 2.24) is 14.1 Å². The molecule has 0 spiro atoms. The Labute approximate surface area is 188 Å². The first kappa shape index (κ1) is 23.8. The summed E-state index contributed by atoms with van der Waals surface area (Å²) in [5.74, 6) is 0.331. The van der Waals surface area contributed by atoms with Gasteiger partial charge in [-0.25, -0.2) is 8.42 Å². The van der Waals surface area contributed by atoms with Gasteiger partial charge in [0.1, 0.15) is 4.90 Å². The fourth-order valence-electron chi connectivity index (χ4n) is 4.70. The van der Waals surface area contributed by atoms with Gasteiger partial charge in [0.15, 0.2) is 0 Å². The summed E-state index contributed by atoms with van der Waals surface area (Å²) in [5, 5.41) is 3.17. The molecule has 1 aromatic rings. The third kappa shape index (κ3) is 5.24. The highest BCUT2D eigenvalue weighted by Gasteiger charge is 2.38. The summed E-state index contributed by atoms with van der Waals surface area (Å²) >= 11 is 0. The molecule has 2 heterocycles. The van der Waals surface area contributed by atoms with Crippen LogP contribution in [0.15, 0.2) is 23.1 Å². The Balaban J connectivity index is 1.53. The Kier molecular flexibility index (Phi) is 6.78. The average Bonchev–Trinajstić information content (AvgIpc) is 3.48. The summed E-state index contributed by atoms with van der Waals surface area (Å²) in [6.07, 6.45) is -1.33. The first-order valence-corrected chi connectivity index (χ1v) is 12.9. The van der Waals surface area contributed by atoms with Gasteiger partial charge in [0, 0.05) is 51.4 Å². The molecular formula is C22H33F3N4O2S. The zero-order valence-corrected chi connectivity index (χ0v) is 19.6. The molecule has 1 saturated carbocycles. The van der Waals surface area contributed by atoms with Crippen molar-refractivity contribution in [3.8, 4) is 0 Å². The van der Waals surface area contributed by atoms with Gasteiger partial charge in [0.05, 0.1) is 11.3 Å². The molecule has 3 fully saturated rings. The monoisotopic (exact) mass is 474 g/mol. The van der Waals surface area contributed by atoms with Gasteiger partial charge < -0.3 is 10.2 Å². The fraction of sp³-hybridized carbons (Fsp3) is 0.727. The molecule has 3 aliphatic rings. The summed E-state index contributed by atoms with van der Waals surface area (Å²) in [5.41, 5.74) is -0.685. The summed E-state index contributed by atoms with van der Waals surface area (Å²) in [7, 11) is -4.04. The van der Waals surface area contributed by atoms with Crippen molar-refractivity contribution in [2.45, 2.75) is 56.3 Å². The molecule has 1 atom stereocenters. The van der Waals surface area contributed by atoms with Crippen LogP contribution >= 0.6 is 0 Å². The number of hydrogen-bond donors (Lipinski definition) is 1. The van der Waals surface area contributed by atoms with Crippen LogP contribution in [0.3, 0.4) is 0 Å². The molecule has 4 rings (SSSR count). The molecule has 1 aliphatic carbocycles. The Morgan fingerprint density at radius 2 is 1.75 bits per heavy atom. The van der Waals surface area contributed by atoms with E-state index in [2.05, 4.69) is 29.0 Å². The predicted octanol–water partition coefficient (Wildman–Crippen LogP) is 3.32. The molecule has 1 unspecified atom stereocenters. The standard InChI is InChI=1S/C22H33F3N4O2S/c1-16(2)28-8-7-17(15-28)14-26-20-6-3-18(22(23,24)25)13-21(20)32(30,31)29-11-9-27(10-12-29)19-4-5-19/h3,6,13,16-17,19,26H,4-5,7-12,14-15H2,1-2H3. The van der Waals surface area contributed by atoms with Crippen LogP contribution in [0.1, 0.15) is 38.7 Å². The SMILES string of the molecule is CC(C)N1CCC(CNc2ccc(C(F)(F)F)cc2S(=O)(=O)N2CCN(C3CC3)CC2)C1. The summed E-state index contributed by atoms with van der Waals surface area (Å²) in [6.45, 7) is 8.55. The van der Waals surface area contributed by atoms with E-state index in [0.717, 1.165) is 44.5 Å². The van der Waals surface area contributed by atoms with Crippen LogP contribution in [0, 0.1) is 5.92 Å². The van der Waals surface area contributed by atoms with E-state index >= 15 is 0 Å². The van der Waals surface area contributed by atoms with Crippen molar-refractivity contribution < 1.29 is 21.6 Å². The summed E-state index contributed by atoms with van der Waals surface area (Å²) < 4.78 is 68.3. The number of nitrogens with one attached hydrogen (secondary N) is 1. The van der Waals surface area contributed by atoms with Crippen molar-refractivity contribution >= 4 is 15.7 Å². The maximum Gasteiger partial charge on any atom is 0.416 e. The second kappa shape index (κ2) is 9.12. The third-order valence-electron chi connectivity index (χ3n) is 6.89. The number of piperazine rings is 1. The first-order chi connectivity index (χ1) is 15.1. The number of likely N-dealkylation sites (tertiary alicyclic amines) is 1. The fourth-order valence-corrected chi connectivity index (χ4v) is 6.31. The summed E-state index contributed by atoms with van der Waals surface area (Å²) in [4.78, 5) is 4.36. The van der Waals surface area contributed by atoms with Crippen LogP contribution < -0.4 is 5.32 Å². The minimum absolute atomic E-state index is 0.255. The summed E-state index contributed by atoms with van der Waals surface area (Å²) in [6, 6.07) is 4.01. The van der Waals surface area contributed by atoms with Gasteiger partial charge in [0.25, 0.3) is 0 Å². The Bertz CT molecular complexity index is 910. The number of benzene rings is 1. The number of halogens is 3. The van der Waals surface area contributed by atoms with E-state index in [1.807, 2.05) is 0 Å². The molecule has 1 N–H and O–H groups in total. The van der Waals surface area contributed by atoms with E-state index in [1.165, 1.54) is 10.4 Å². The molecule has 0 bridgehead atoms. The van der Waals surface area contributed by atoms with Gasteiger partial charge in [-0.2, -0.15) is 17.5 Å². The number of anilines is 1. The lowest BCUT2D eigenvalue weighted by Gasteiger charge is -2.34. The number of sulfonamides is 1. The van der Waals surface area contributed by atoms with Crippen molar-refractivity contribution in [1.29, 1.82) is 0 Å². The van der Waals surface area contributed by atoms with E-state index in [4.69, 9.17) is 0 Å². The topological polar surface area (TPSA) is 55.9 Å². The number of hydrogen-bond acceptors (Lipinski definition) is 5. The second-order valence-electron chi connectivity index (χ2n) is 9.50. The van der Waals surface area contributed by atoms with Crippen LogP contribution in [0.4, 0.5) is 18.9 Å². The minimum atomic E-state index is -4.60. The quantitative estimate of drug-likeness (QED) is 0.657. The second-order valence-corrected chi connectivity index (χ2v) is 11.4. The maximum atomic E-state index is 13.4. The zero-order valence-electron chi connectivity index (χ0n) is 18.7. The molecule has 6 nitrogen and oxygen atoms in total. The van der Waals surface area contributed by atoms with E-state index in [0.29, 0.717) is 50.7 Å². The number of alkyl halides is 3. The maximum absolute atomic E-state index is 13.4. The van der Waals surface area contributed by atoms with Gasteiger partial charge in [0.2, 0.25) is 10.0 Å². The average molecular weight is 475 g/mol. The van der Waals surface area contributed by atoms with Crippen LogP contribution in [0.2, 0.25) is 0 Å². The minimum Gasteiger partial charge on any atom is -0.384 e. The highest BCUT2D eigenvalue weighted by atomic mass is 32.2. The number of rotatable bonds is 7. The van der Waals surface area contributed by atoms with Gasteiger partial charge in [-0.05, 0) is 63.8 Å². The van der Waals surface area contributed by atoms with E-state index in [-0.39, 0.29) is 10.6 Å². The highest BCUT2D eigenvalue weighted by Crippen LogP contribution is 2.36. The molecule has 2 aliphatic heterocycles. The van der Waals surface area contributed by atoms with E-state index < -0.39 is 21.8 Å². The largest absolute Gasteiger partial charge is 0.416 e. The smallest absolute Gasteiger partial charge is 0.384 e. The molecule has 0 amide bonds. The van der Waals surface area contributed by atoms with Crippen LogP contribution in [0.25, 0.3) is 0 Å². The Morgan fingerprint density at radius 3 is 2.31 bits per heavy atom. The molecule has 32 heavy (non-hydrogen) atoms. The number of nitrogens with zero attached hydrogens (tertiary/aromatic N) is 3. The lowest BCUT2D eigenvalue weighted by molar-refractivity contribution is -0.137. The van der Waals surface area contributed by atoms with Gasteiger partial charge in [-0.3, -0.25) is 4.90 Å². The van der Waals surface area contributed by atoms with Gasteiger partial charge in [-0.1, -0.05) is 0 Å². The molecule has 2 saturated heterocycles. The molecule has 10 heteroatoms. The Hall–Kier alpha value is -1.36. The van der Waals surface area contributed by atoms with Crippen molar-refractivity contribution in [2.24, 2.45) is 5.92 Å². The predicted molar refractivity (Wildman–Crippen MR) is 118 cm³/mol. The van der Waals surface area contributed by atoms with E-state index in [1.54, 1.807) is 0 Å². The van der Waals surface area contributed by atoms with E-state index in [9.17, 15) is 21.6 Å². The van der Waals surface area contributed by atoms with Crippen LogP contribution in [-0.4, -0.2) is 80.4 Å². The van der Waals surface area contributed by atoms with Crippen molar-refractivity contribution in [3.63, 3.8) is 0 Å². The lowest BCUT2D eigenvalue weighted by atomic mass is 10.1. The molecular weight excluding hydrogens is 441 g/mol. The molecule has 0 aromatic heterocycles. The van der Waals surface area contributed by atoms with Crippen LogP contribution in [0.5, 0.6) is 0 Å². The zero-order chi connectivity index (χ0) is 23.1. The Morgan fingerprint density at radius 1 is 1.06 bits per heavy atom. The highest BCUT2D eigenvalue weighted by molar-refractivity contribution is 7.89. The lowest BCUT2D eigenvalue weighted by Crippen LogP contribution is -2.49. The van der Waals surface area contributed by atoms with Gasteiger partial charge >= 0.3 is 6.18 Å². The molecule has 0 radical (unpaired) electrons. The van der Waals surface area contributed by atoms with Crippen LogP contribution in [-0.2, 0) is 16.2 Å². The van der Waals surface area contributed by atoms with Crippen molar-refractivity contribution in [3.05, 3.63) is 23.8 Å². The van der Waals surface area contributed by atoms with Gasteiger partial charge in [-0.15, -0.1) is 0 Å². The van der Waals surface area contributed by atoms with Crippen molar-refractivity contribution in [2.75, 3.05) is 51.1 Å². The normalized spacial score (nSPS) is 24.4. The third-order valence-corrected chi connectivity index (χ3v) is 8.83.